The number of halogens is 1. The van der Waals surface area contributed by atoms with Gasteiger partial charge in [-0.25, -0.2) is 15.0 Å². The molecule has 3 aromatic carbocycles. The molecule has 0 saturated heterocycles. The monoisotopic (exact) mass is 505 g/mol. The van der Waals surface area contributed by atoms with Crippen LogP contribution in [-0.4, -0.2) is 38.1 Å². The number of hydrogen-bond acceptors (Lipinski definition) is 7. The molecule has 0 unspecified atom stereocenters. The first kappa shape index (κ1) is 23.3. The molecule has 0 aliphatic rings. The minimum absolute atomic E-state index is 0.479. The SMILES string of the molecule is CSCCCOc1ccc2ncnc(Nc3ccc(Oc4ccc5c(c4)ncn5C)c(Cl)c3)c2c1. The maximum absolute atomic E-state index is 6.56. The summed E-state index contributed by atoms with van der Waals surface area (Å²) in [6, 6.07) is 17.1. The maximum atomic E-state index is 6.56. The van der Waals surface area contributed by atoms with Gasteiger partial charge in [0.15, 0.2) is 0 Å². The fourth-order valence-electron chi connectivity index (χ4n) is 3.72. The number of aryl methyl sites for hydroxylation is 1. The summed E-state index contributed by atoms with van der Waals surface area (Å²) >= 11 is 8.37. The fraction of sp³-hybridized carbons (Fsp3) is 0.192. The number of imidazole rings is 1. The maximum Gasteiger partial charge on any atom is 0.146 e. The van der Waals surface area contributed by atoms with Crippen molar-refractivity contribution in [2.75, 3.05) is 23.9 Å². The second kappa shape index (κ2) is 10.4. The highest BCUT2D eigenvalue weighted by Crippen LogP contribution is 2.34. The molecule has 9 heteroatoms. The zero-order valence-corrected chi connectivity index (χ0v) is 20.9. The van der Waals surface area contributed by atoms with E-state index in [1.807, 2.05) is 78.0 Å². The van der Waals surface area contributed by atoms with Gasteiger partial charge in [0.05, 0.1) is 34.5 Å². The van der Waals surface area contributed by atoms with Gasteiger partial charge in [-0.2, -0.15) is 11.8 Å². The van der Waals surface area contributed by atoms with Gasteiger partial charge in [0.1, 0.15) is 29.4 Å². The third-order valence-corrected chi connectivity index (χ3v) is 6.48. The Balaban J connectivity index is 1.34. The van der Waals surface area contributed by atoms with Crippen LogP contribution in [-0.2, 0) is 7.05 Å². The van der Waals surface area contributed by atoms with E-state index in [1.54, 1.807) is 6.33 Å². The third-order valence-electron chi connectivity index (χ3n) is 5.49. The van der Waals surface area contributed by atoms with Crippen LogP contribution in [0.1, 0.15) is 6.42 Å². The van der Waals surface area contributed by atoms with Gasteiger partial charge in [0.2, 0.25) is 0 Å². The van der Waals surface area contributed by atoms with Crippen molar-refractivity contribution < 1.29 is 9.47 Å². The van der Waals surface area contributed by atoms with Crippen molar-refractivity contribution in [2.45, 2.75) is 6.42 Å². The van der Waals surface area contributed by atoms with E-state index < -0.39 is 0 Å². The van der Waals surface area contributed by atoms with Crippen LogP contribution in [0.25, 0.3) is 21.9 Å². The standard InChI is InChI=1S/C26H24ClN5O2S/c1-32-16-30-23-14-19(6-8-24(23)32)34-25-9-4-17(12-21(25)27)31-26-20-13-18(33-10-3-11-35-2)5-7-22(20)28-15-29-26/h4-9,12-16H,3,10-11H2,1-2H3,(H,28,29,31). The first-order valence-corrected chi connectivity index (χ1v) is 12.9. The smallest absolute Gasteiger partial charge is 0.146 e. The molecule has 0 spiro atoms. The minimum atomic E-state index is 0.479. The largest absolute Gasteiger partial charge is 0.494 e. The molecule has 0 saturated carbocycles. The molecule has 5 aromatic rings. The van der Waals surface area contributed by atoms with Gasteiger partial charge in [0.25, 0.3) is 0 Å². The predicted octanol–water partition coefficient (Wildman–Crippen LogP) is 6.84. The molecular formula is C26H24ClN5O2S. The van der Waals surface area contributed by atoms with E-state index in [4.69, 9.17) is 21.1 Å². The number of rotatable bonds is 9. The zero-order chi connectivity index (χ0) is 24.2. The van der Waals surface area contributed by atoms with Gasteiger partial charge in [0, 0.05) is 24.2 Å². The normalized spacial score (nSPS) is 11.2. The molecule has 0 radical (unpaired) electrons. The number of hydrogen-bond donors (Lipinski definition) is 1. The van der Waals surface area contributed by atoms with Crippen LogP contribution in [0.4, 0.5) is 11.5 Å². The van der Waals surface area contributed by atoms with Gasteiger partial charge in [-0.1, -0.05) is 11.6 Å². The summed E-state index contributed by atoms with van der Waals surface area (Å²) in [5.74, 6) is 3.77. The Morgan fingerprint density at radius 3 is 2.71 bits per heavy atom. The van der Waals surface area contributed by atoms with Crippen LogP contribution < -0.4 is 14.8 Å². The van der Waals surface area contributed by atoms with E-state index in [2.05, 4.69) is 26.5 Å². The average Bonchev–Trinajstić information content (AvgIpc) is 3.24. The molecule has 7 nitrogen and oxygen atoms in total. The Morgan fingerprint density at radius 1 is 0.971 bits per heavy atom. The predicted molar refractivity (Wildman–Crippen MR) is 144 cm³/mol. The number of aromatic nitrogens is 4. The Hall–Kier alpha value is -3.49. The molecule has 0 bridgehead atoms. The van der Waals surface area contributed by atoms with Crippen molar-refractivity contribution in [3.05, 3.63) is 72.3 Å². The molecule has 0 fully saturated rings. The highest BCUT2D eigenvalue weighted by molar-refractivity contribution is 7.98. The van der Waals surface area contributed by atoms with Crippen LogP contribution in [0.15, 0.2) is 67.3 Å². The van der Waals surface area contributed by atoms with E-state index in [1.165, 1.54) is 6.33 Å². The highest BCUT2D eigenvalue weighted by Gasteiger charge is 2.10. The number of benzene rings is 3. The van der Waals surface area contributed by atoms with E-state index in [0.29, 0.717) is 28.9 Å². The van der Waals surface area contributed by atoms with E-state index in [-0.39, 0.29) is 0 Å². The van der Waals surface area contributed by atoms with Crippen molar-refractivity contribution in [3.63, 3.8) is 0 Å². The lowest BCUT2D eigenvalue weighted by atomic mass is 10.2. The van der Waals surface area contributed by atoms with Gasteiger partial charge < -0.3 is 19.4 Å². The Labute approximate surface area is 212 Å². The van der Waals surface area contributed by atoms with Gasteiger partial charge >= 0.3 is 0 Å². The summed E-state index contributed by atoms with van der Waals surface area (Å²) in [7, 11) is 1.96. The molecule has 5 rings (SSSR count). The molecule has 0 aliphatic heterocycles. The molecular weight excluding hydrogens is 482 g/mol. The van der Waals surface area contributed by atoms with Gasteiger partial charge in [-0.3, -0.25) is 0 Å². The summed E-state index contributed by atoms with van der Waals surface area (Å²) in [6.07, 6.45) is 6.41. The Kier molecular flexibility index (Phi) is 6.92. The van der Waals surface area contributed by atoms with E-state index >= 15 is 0 Å². The molecule has 1 N–H and O–H groups in total. The number of thioether (sulfide) groups is 1. The third kappa shape index (κ3) is 5.28. The number of fused-ring (bicyclic) bond motifs is 2. The summed E-state index contributed by atoms with van der Waals surface area (Å²) < 4.78 is 13.9. The molecule has 35 heavy (non-hydrogen) atoms. The van der Waals surface area contributed by atoms with Crippen molar-refractivity contribution in [1.29, 1.82) is 0 Å². The second-order valence-electron chi connectivity index (χ2n) is 7.97. The number of nitrogens with zero attached hydrogens (tertiary/aromatic N) is 4. The summed E-state index contributed by atoms with van der Waals surface area (Å²) in [6.45, 7) is 0.674. The lowest BCUT2D eigenvalue weighted by molar-refractivity contribution is 0.319. The molecule has 2 heterocycles. The van der Waals surface area contributed by atoms with Crippen molar-refractivity contribution in [1.82, 2.24) is 19.5 Å². The van der Waals surface area contributed by atoms with Crippen molar-refractivity contribution in [3.8, 4) is 17.2 Å². The quantitative estimate of drug-likeness (QED) is 0.220. The number of ether oxygens (including phenoxy) is 2. The second-order valence-corrected chi connectivity index (χ2v) is 9.37. The van der Waals surface area contributed by atoms with E-state index in [9.17, 15) is 0 Å². The van der Waals surface area contributed by atoms with Crippen molar-refractivity contribution >= 4 is 56.8 Å². The summed E-state index contributed by atoms with van der Waals surface area (Å²) in [5, 5.41) is 4.70. The first-order valence-electron chi connectivity index (χ1n) is 11.1. The highest BCUT2D eigenvalue weighted by atomic mass is 35.5. The van der Waals surface area contributed by atoms with E-state index in [0.717, 1.165) is 45.5 Å². The molecule has 178 valence electrons. The van der Waals surface area contributed by atoms with Crippen LogP contribution in [0.5, 0.6) is 17.2 Å². The topological polar surface area (TPSA) is 74.1 Å². The van der Waals surface area contributed by atoms with Crippen molar-refractivity contribution in [2.24, 2.45) is 7.05 Å². The molecule has 0 aliphatic carbocycles. The van der Waals surface area contributed by atoms with Crippen LogP contribution >= 0.6 is 23.4 Å². The lowest BCUT2D eigenvalue weighted by Crippen LogP contribution is -2.00. The lowest BCUT2D eigenvalue weighted by Gasteiger charge is -2.12. The summed E-state index contributed by atoms with van der Waals surface area (Å²) in [5.41, 5.74) is 3.51. The van der Waals surface area contributed by atoms with Gasteiger partial charge in [-0.05, 0) is 67.0 Å². The Morgan fingerprint density at radius 2 is 1.86 bits per heavy atom. The van der Waals surface area contributed by atoms with Crippen LogP contribution in [0.3, 0.4) is 0 Å². The molecule has 2 aromatic heterocycles. The summed E-state index contributed by atoms with van der Waals surface area (Å²) in [4.78, 5) is 13.2. The Bertz CT molecular complexity index is 1490. The minimum Gasteiger partial charge on any atom is -0.494 e. The number of anilines is 2. The number of nitrogens with one attached hydrogen (secondary N) is 1. The van der Waals surface area contributed by atoms with Gasteiger partial charge in [-0.15, -0.1) is 0 Å². The molecule has 0 amide bonds. The first-order chi connectivity index (χ1) is 17.1. The fourth-order valence-corrected chi connectivity index (χ4v) is 4.35. The zero-order valence-electron chi connectivity index (χ0n) is 19.4. The molecule has 0 atom stereocenters. The average molecular weight is 506 g/mol. The van der Waals surface area contributed by atoms with Crippen LogP contribution in [0.2, 0.25) is 5.02 Å². The van der Waals surface area contributed by atoms with Crippen LogP contribution in [0, 0.1) is 0 Å².